The van der Waals surface area contributed by atoms with Crippen molar-refractivity contribution < 1.29 is 14.3 Å². The van der Waals surface area contributed by atoms with Crippen LogP contribution in [0.15, 0.2) is 47.5 Å². The van der Waals surface area contributed by atoms with E-state index in [0.717, 1.165) is 5.56 Å². The van der Waals surface area contributed by atoms with Crippen LogP contribution in [0, 0.1) is 0 Å². The van der Waals surface area contributed by atoms with E-state index in [-0.39, 0.29) is 18.3 Å². The molecule has 31 heavy (non-hydrogen) atoms. The molecule has 3 aromatic rings. The summed E-state index contributed by atoms with van der Waals surface area (Å²) in [6.45, 7) is 4.50. The molecule has 0 aliphatic carbocycles. The zero-order valence-corrected chi connectivity index (χ0v) is 17.2. The number of pyridine rings is 1. The first-order chi connectivity index (χ1) is 15.1. The Balaban J connectivity index is 1.44. The van der Waals surface area contributed by atoms with E-state index in [1.165, 1.54) is 17.0 Å². The number of carbonyl (C=O) groups excluding carboxylic acids is 2. The van der Waals surface area contributed by atoms with Crippen molar-refractivity contribution in [2.75, 3.05) is 31.1 Å². The monoisotopic (exact) mass is 421 g/mol. The predicted octanol–water partition coefficient (Wildman–Crippen LogP) is 2.08. The normalized spacial score (nSPS) is 14.0. The third-order valence-electron chi connectivity index (χ3n) is 5.33. The SMILES string of the molecule is CCn1cc(C=O)c2nc(N3CCN(C(=O)OCc4ccccc4)CC3)ncc2c1=O. The molecule has 3 heterocycles. The standard InChI is InChI=1S/C22H23N5O4/c1-2-25-13-17(14-28)19-18(20(25)29)12-23-21(24-19)26-8-10-27(11-9-26)22(30)31-15-16-6-4-3-5-7-16/h3-7,12-14H,2,8-11,15H2,1H3. The highest BCUT2D eigenvalue weighted by molar-refractivity contribution is 5.94. The largest absolute Gasteiger partial charge is 0.445 e. The first kappa shape index (κ1) is 20.5. The Morgan fingerprint density at radius 1 is 1.16 bits per heavy atom. The molecule has 9 nitrogen and oxygen atoms in total. The maximum atomic E-state index is 12.5. The van der Waals surface area contributed by atoms with Crippen molar-refractivity contribution in [3.05, 3.63) is 64.2 Å². The number of ether oxygens (including phenoxy) is 1. The third kappa shape index (κ3) is 4.25. The van der Waals surface area contributed by atoms with Gasteiger partial charge in [-0.15, -0.1) is 0 Å². The molecule has 1 aromatic carbocycles. The number of rotatable bonds is 5. The van der Waals surface area contributed by atoms with Gasteiger partial charge in [-0.05, 0) is 12.5 Å². The van der Waals surface area contributed by atoms with Crippen molar-refractivity contribution >= 4 is 29.2 Å². The molecule has 9 heteroatoms. The fraction of sp³-hybridized carbons (Fsp3) is 0.318. The molecule has 2 aromatic heterocycles. The van der Waals surface area contributed by atoms with Gasteiger partial charge in [-0.25, -0.2) is 14.8 Å². The lowest BCUT2D eigenvalue weighted by atomic mass is 10.2. The maximum Gasteiger partial charge on any atom is 0.410 e. The lowest BCUT2D eigenvalue weighted by molar-refractivity contribution is 0.0940. The van der Waals surface area contributed by atoms with E-state index in [1.807, 2.05) is 42.2 Å². The predicted molar refractivity (Wildman–Crippen MR) is 115 cm³/mol. The lowest BCUT2D eigenvalue weighted by Gasteiger charge is -2.34. The summed E-state index contributed by atoms with van der Waals surface area (Å²) < 4.78 is 6.86. The highest BCUT2D eigenvalue weighted by atomic mass is 16.6. The van der Waals surface area contributed by atoms with E-state index in [2.05, 4.69) is 9.97 Å². The number of aromatic nitrogens is 3. The van der Waals surface area contributed by atoms with Gasteiger partial charge in [0, 0.05) is 45.1 Å². The zero-order chi connectivity index (χ0) is 21.8. The van der Waals surface area contributed by atoms with Gasteiger partial charge in [0.25, 0.3) is 5.56 Å². The Morgan fingerprint density at radius 2 is 1.90 bits per heavy atom. The first-order valence-corrected chi connectivity index (χ1v) is 10.2. The number of aryl methyl sites for hydroxylation is 1. The Morgan fingerprint density at radius 3 is 2.58 bits per heavy atom. The fourth-order valence-electron chi connectivity index (χ4n) is 3.56. The van der Waals surface area contributed by atoms with E-state index in [1.54, 1.807) is 4.90 Å². The van der Waals surface area contributed by atoms with Crippen molar-refractivity contribution in [1.82, 2.24) is 19.4 Å². The Labute approximate surface area is 178 Å². The summed E-state index contributed by atoms with van der Waals surface area (Å²) in [5.74, 6) is 0.432. The summed E-state index contributed by atoms with van der Waals surface area (Å²) in [5.41, 5.74) is 1.41. The number of nitrogens with zero attached hydrogens (tertiary/aromatic N) is 5. The Bertz CT molecular complexity index is 1150. The second-order valence-corrected chi connectivity index (χ2v) is 7.24. The topological polar surface area (TPSA) is 97.6 Å². The van der Waals surface area contributed by atoms with Crippen LogP contribution in [0.4, 0.5) is 10.7 Å². The molecule has 1 saturated heterocycles. The molecular weight excluding hydrogens is 398 g/mol. The molecule has 160 valence electrons. The van der Waals surface area contributed by atoms with Gasteiger partial charge in [-0.1, -0.05) is 30.3 Å². The number of fused-ring (bicyclic) bond motifs is 1. The molecule has 0 radical (unpaired) electrons. The quantitative estimate of drug-likeness (QED) is 0.582. The molecular formula is C22H23N5O4. The number of aldehydes is 1. The average molecular weight is 421 g/mol. The van der Waals surface area contributed by atoms with Gasteiger partial charge in [0.1, 0.15) is 6.61 Å². The van der Waals surface area contributed by atoms with Crippen LogP contribution in [0.1, 0.15) is 22.8 Å². The molecule has 0 atom stereocenters. The van der Waals surface area contributed by atoms with E-state index < -0.39 is 0 Å². The number of anilines is 1. The summed E-state index contributed by atoms with van der Waals surface area (Å²) in [4.78, 5) is 48.8. The van der Waals surface area contributed by atoms with Crippen molar-refractivity contribution in [1.29, 1.82) is 0 Å². The van der Waals surface area contributed by atoms with Crippen LogP contribution >= 0.6 is 0 Å². The third-order valence-corrected chi connectivity index (χ3v) is 5.33. The summed E-state index contributed by atoms with van der Waals surface area (Å²) in [6, 6.07) is 9.53. The minimum absolute atomic E-state index is 0.222. The van der Waals surface area contributed by atoms with Crippen molar-refractivity contribution in [2.24, 2.45) is 0 Å². The van der Waals surface area contributed by atoms with Crippen molar-refractivity contribution in [3.63, 3.8) is 0 Å². The van der Waals surface area contributed by atoms with Crippen LogP contribution in [0.2, 0.25) is 0 Å². The molecule has 0 spiro atoms. The van der Waals surface area contributed by atoms with Gasteiger partial charge < -0.3 is 19.1 Å². The minimum Gasteiger partial charge on any atom is -0.445 e. The summed E-state index contributed by atoms with van der Waals surface area (Å²) >= 11 is 0. The zero-order valence-electron chi connectivity index (χ0n) is 17.2. The molecule has 1 aliphatic heterocycles. The molecule has 1 amide bonds. The van der Waals surface area contributed by atoms with E-state index in [0.29, 0.717) is 61.4 Å². The van der Waals surface area contributed by atoms with Gasteiger partial charge in [0.15, 0.2) is 6.29 Å². The van der Waals surface area contributed by atoms with Crippen LogP contribution in [-0.4, -0.2) is 58.0 Å². The average Bonchev–Trinajstić information content (AvgIpc) is 2.83. The number of carbonyl (C=O) groups is 2. The fourth-order valence-corrected chi connectivity index (χ4v) is 3.56. The summed E-state index contributed by atoms with van der Waals surface area (Å²) in [6.07, 6.45) is 3.34. The van der Waals surface area contributed by atoms with Crippen LogP contribution in [0.3, 0.4) is 0 Å². The number of benzene rings is 1. The van der Waals surface area contributed by atoms with Crippen molar-refractivity contribution in [2.45, 2.75) is 20.1 Å². The van der Waals surface area contributed by atoms with E-state index >= 15 is 0 Å². The molecule has 0 N–H and O–H groups in total. The molecule has 0 unspecified atom stereocenters. The second-order valence-electron chi connectivity index (χ2n) is 7.24. The van der Waals surface area contributed by atoms with Gasteiger partial charge in [-0.3, -0.25) is 9.59 Å². The molecule has 1 fully saturated rings. The Kier molecular flexibility index (Phi) is 5.92. The summed E-state index contributed by atoms with van der Waals surface area (Å²) in [5, 5.41) is 0.318. The lowest BCUT2D eigenvalue weighted by Crippen LogP contribution is -2.49. The Hall–Kier alpha value is -3.75. The van der Waals surface area contributed by atoms with E-state index in [9.17, 15) is 14.4 Å². The number of amides is 1. The maximum absolute atomic E-state index is 12.5. The van der Waals surface area contributed by atoms with Gasteiger partial charge in [-0.2, -0.15) is 0 Å². The van der Waals surface area contributed by atoms with Gasteiger partial charge in [0.05, 0.1) is 16.5 Å². The smallest absolute Gasteiger partial charge is 0.410 e. The first-order valence-electron chi connectivity index (χ1n) is 10.2. The number of piperazine rings is 1. The molecule has 1 aliphatic rings. The molecule has 0 bridgehead atoms. The minimum atomic E-state index is -0.355. The van der Waals surface area contributed by atoms with Crippen LogP contribution in [-0.2, 0) is 17.9 Å². The van der Waals surface area contributed by atoms with Gasteiger partial charge in [0.2, 0.25) is 5.95 Å². The van der Waals surface area contributed by atoms with Crippen LogP contribution in [0.5, 0.6) is 0 Å². The van der Waals surface area contributed by atoms with Crippen LogP contribution in [0.25, 0.3) is 10.9 Å². The summed E-state index contributed by atoms with van der Waals surface area (Å²) in [7, 11) is 0. The highest BCUT2D eigenvalue weighted by Gasteiger charge is 2.24. The van der Waals surface area contributed by atoms with Crippen molar-refractivity contribution in [3.8, 4) is 0 Å². The second kappa shape index (κ2) is 8.95. The highest BCUT2D eigenvalue weighted by Crippen LogP contribution is 2.17. The van der Waals surface area contributed by atoms with Gasteiger partial charge >= 0.3 is 6.09 Å². The number of hydrogen-bond donors (Lipinski definition) is 0. The van der Waals surface area contributed by atoms with Crippen LogP contribution < -0.4 is 10.5 Å². The van der Waals surface area contributed by atoms with E-state index in [4.69, 9.17) is 4.74 Å². The molecule has 4 rings (SSSR count). The number of hydrogen-bond acceptors (Lipinski definition) is 7. The molecule has 0 saturated carbocycles.